The molecule has 1 aromatic carbocycles. The minimum Gasteiger partial charge on any atom is -0.385 e. The molecule has 0 unspecified atom stereocenters. The van der Waals surface area contributed by atoms with Crippen LogP contribution in [0.3, 0.4) is 0 Å². The van der Waals surface area contributed by atoms with E-state index >= 15 is 0 Å². The van der Waals surface area contributed by atoms with Crippen LogP contribution in [0.2, 0.25) is 0 Å². The van der Waals surface area contributed by atoms with E-state index in [2.05, 4.69) is 10.6 Å². The normalized spacial score (nSPS) is 19.1. The van der Waals surface area contributed by atoms with Gasteiger partial charge in [-0.25, -0.2) is 4.79 Å². The Hall–Kier alpha value is -3.08. The highest BCUT2D eigenvalue weighted by Crippen LogP contribution is 2.42. The van der Waals surface area contributed by atoms with Crippen LogP contribution in [0.5, 0.6) is 0 Å². The summed E-state index contributed by atoms with van der Waals surface area (Å²) in [6.07, 6.45) is -3.72. The van der Waals surface area contributed by atoms with Crippen molar-refractivity contribution in [3.05, 3.63) is 46.7 Å². The zero-order chi connectivity index (χ0) is 26.6. The Morgan fingerprint density at radius 1 is 1.25 bits per heavy atom. The Kier molecular flexibility index (Phi) is 8.65. The number of hydrogen-bond acceptors (Lipinski definition) is 4. The number of benzene rings is 1. The van der Waals surface area contributed by atoms with Gasteiger partial charge in [0, 0.05) is 26.8 Å². The standard InChI is InChI=1S/C25H33F3N4O4/c1-5-31-19-14-32(18(13-15(2)3)22(33)29-11-8-12-36-4)23(34)20(19)21(30-24(31)35)16-9-6-7-10-17(16)25(26,27)28/h6-7,9-10,15,18,21H,5,8,11-14H2,1-4H3,(H,29,33)(H,30,35)/t18-,21+/m1/s1. The molecule has 0 fully saturated rings. The third-order valence-corrected chi connectivity index (χ3v) is 6.34. The number of rotatable bonds is 10. The molecule has 0 aliphatic carbocycles. The van der Waals surface area contributed by atoms with Crippen LogP contribution >= 0.6 is 0 Å². The molecule has 2 N–H and O–H groups in total. The van der Waals surface area contributed by atoms with E-state index in [0.29, 0.717) is 31.7 Å². The molecule has 4 amide bonds. The van der Waals surface area contributed by atoms with Crippen molar-refractivity contribution in [1.29, 1.82) is 0 Å². The van der Waals surface area contributed by atoms with Gasteiger partial charge in [-0.1, -0.05) is 32.0 Å². The molecule has 2 atom stereocenters. The predicted molar refractivity (Wildman–Crippen MR) is 127 cm³/mol. The third-order valence-electron chi connectivity index (χ3n) is 6.34. The highest BCUT2D eigenvalue weighted by molar-refractivity contribution is 6.03. The summed E-state index contributed by atoms with van der Waals surface area (Å²) in [6, 6.07) is 2.20. The van der Waals surface area contributed by atoms with Gasteiger partial charge in [-0.15, -0.1) is 0 Å². The fourth-order valence-electron chi connectivity index (χ4n) is 4.71. The fraction of sp³-hybridized carbons (Fsp3) is 0.560. The highest BCUT2D eigenvalue weighted by Gasteiger charge is 2.48. The molecule has 2 aliphatic rings. The quantitative estimate of drug-likeness (QED) is 0.472. The van der Waals surface area contributed by atoms with Crippen LogP contribution in [0.1, 0.15) is 50.8 Å². The molecule has 0 aromatic heterocycles. The number of halogens is 3. The van der Waals surface area contributed by atoms with Gasteiger partial charge in [0.05, 0.1) is 29.4 Å². The maximum Gasteiger partial charge on any atom is 0.416 e. The van der Waals surface area contributed by atoms with E-state index in [1.54, 1.807) is 14.0 Å². The zero-order valence-corrected chi connectivity index (χ0v) is 20.9. The van der Waals surface area contributed by atoms with Gasteiger partial charge >= 0.3 is 12.2 Å². The average molecular weight is 511 g/mol. The Morgan fingerprint density at radius 2 is 1.94 bits per heavy atom. The lowest BCUT2D eigenvalue weighted by atomic mass is 9.91. The first-order valence-electron chi connectivity index (χ1n) is 12.1. The number of ether oxygens (including phenoxy) is 1. The second-order valence-corrected chi connectivity index (χ2v) is 9.29. The van der Waals surface area contributed by atoms with Crippen LogP contribution in [0.4, 0.5) is 18.0 Å². The number of alkyl halides is 3. The van der Waals surface area contributed by atoms with Crippen LogP contribution < -0.4 is 10.6 Å². The molecular weight excluding hydrogens is 477 g/mol. The minimum atomic E-state index is -4.67. The van der Waals surface area contributed by atoms with Crippen LogP contribution in [0.25, 0.3) is 0 Å². The first-order valence-corrected chi connectivity index (χ1v) is 12.1. The summed E-state index contributed by atoms with van der Waals surface area (Å²) in [5.74, 6) is -0.834. The van der Waals surface area contributed by atoms with Gasteiger partial charge in [0.15, 0.2) is 0 Å². The Bertz CT molecular complexity index is 1020. The smallest absolute Gasteiger partial charge is 0.385 e. The molecule has 8 nitrogen and oxygen atoms in total. The van der Waals surface area contributed by atoms with Crippen LogP contribution in [-0.2, 0) is 20.5 Å². The van der Waals surface area contributed by atoms with Crippen molar-refractivity contribution in [2.75, 3.05) is 33.4 Å². The number of methoxy groups -OCH3 is 1. The second kappa shape index (κ2) is 11.3. The number of likely N-dealkylation sites (N-methyl/N-ethyl adjacent to an activating group) is 1. The number of nitrogens with zero attached hydrogens (tertiary/aromatic N) is 2. The number of carbonyl (C=O) groups is 3. The maximum absolute atomic E-state index is 13.8. The topological polar surface area (TPSA) is 91.0 Å². The molecule has 11 heteroatoms. The van der Waals surface area contributed by atoms with Crippen molar-refractivity contribution in [2.24, 2.45) is 5.92 Å². The Morgan fingerprint density at radius 3 is 2.56 bits per heavy atom. The first-order chi connectivity index (χ1) is 17.0. The van der Waals surface area contributed by atoms with Gasteiger partial charge in [-0.3, -0.25) is 14.5 Å². The molecule has 2 aliphatic heterocycles. The van der Waals surface area contributed by atoms with E-state index in [0.717, 1.165) is 6.07 Å². The SMILES string of the molecule is CCN1C(=O)N[C@@H](c2ccccc2C(F)(F)F)C2=C1CN([C@H](CC(C)C)C(=O)NCCCOC)C2=O. The molecule has 0 radical (unpaired) electrons. The van der Waals surface area contributed by atoms with Crippen LogP contribution in [0, 0.1) is 5.92 Å². The van der Waals surface area contributed by atoms with E-state index in [4.69, 9.17) is 4.74 Å². The van der Waals surface area contributed by atoms with E-state index in [-0.39, 0.29) is 36.1 Å². The van der Waals surface area contributed by atoms with Crippen molar-refractivity contribution in [3.8, 4) is 0 Å². The zero-order valence-electron chi connectivity index (χ0n) is 20.9. The number of nitrogens with one attached hydrogen (secondary N) is 2. The molecule has 0 saturated heterocycles. The molecule has 0 spiro atoms. The maximum atomic E-state index is 13.8. The predicted octanol–water partition coefficient (Wildman–Crippen LogP) is 3.46. The van der Waals surface area contributed by atoms with Crippen molar-refractivity contribution >= 4 is 17.8 Å². The summed E-state index contributed by atoms with van der Waals surface area (Å²) in [6.45, 7) is 6.57. The van der Waals surface area contributed by atoms with Gasteiger partial charge in [0.25, 0.3) is 5.91 Å². The molecule has 2 heterocycles. The van der Waals surface area contributed by atoms with Crippen LogP contribution in [-0.4, -0.2) is 67.0 Å². The summed E-state index contributed by atoms with van der Waals surface area (Å²) < 4.78 is 46.5. The lowest BCUT2D eigenvalue weighted by Gasteiger charge is -2.33. The van der Waals surface area contributed by atoms with Crippen LogP contribution in [0.15, 0.2) is 35.5 Å². The number of amides is 4. The average Bonchev–Trinajstić information content (AvgIpc) is 3.15. The van der Waals surface area contributed by atoms with Gasteiger partial charge in [-0.05, 0) is 37.3 Å². The molecular formula is C25H33F3N4O4. The van der Waals surface area contributed by atoms with Crippen molar-refractivity contribution in [3.63, 3.8) is 0 Å². The Balaban J connectivity index is 2.00. The summed E-state index contributed by atoms with van der Waals surface area (Å²) in [5.41, 5.74) is -0.738. The monoisotopic (exact) mass is 510 g/mol. The molecule has 1 aromatic rings. The summed E-state index contributed by atoms with van der Waals surface area (Å²) >= 11 is 0. The number of hydrogen-bond donors (Lipinski definition) is 2. The number of urea groups is 1. The van der Waals surface area contributed by atoms with Crippen molar-refractivity contribution in [2.45, 2.75) is 51.9 Å². The van der Waals surface area contributed by atoms with E-state index in [9.17, 15) is 27.6 Å². The van der Waals surface area contributed by atoms with Gasteiger partial charge in [-0.2, -0.15) is 13.2 Å². The van der Waals surface area contributed by atoms with E-state index in [1.807, 2.05) is 13.8 Å². The van der Waals surface area contributed by atoms with E-state index in [1.165, 1.54) is 28.0 Å². The third kappa shape index (κ3) is 5.66. The molecule has 36 heavy (non-hydrogen) atoms. The molecule has 198 valence electrons. The lowest BCUT2D eigenvalue weighted by Crippen LogP contribution is -2.49. The number of carbonyl (C=O) groups excluding carboxylic acids is 3. The summed E-state index contributed by atoms with van der Waals surface area (Å²) in [5, 5.41) is 5.42. The fourth-order valence-corrected chi connectivity index (χ4v) is 4.71. The summed E-state index contributed by atoms with van der Waals surface area (Å²) in [7, 11) is 1.56. The molecule has 0 saturated carbocycles. The highest BCUT2D eigenvalue weighted by atomic mass is 19.4. The first kappa shape index (κ1) is 27.5. The Labute approximate surface area is 208 Å². The van der Waals surface area contributed by atoms with Gasteiger partial charge in [0.2, 0.25) is 5.91 Å². The largest absolute Gasteiger partial charge is 0.416 e. The lowest BCUT2D eigenvalue weighted by molar-refractivity contribution is -0.139. The summed E-state index contributed by atoms with van der Waals surface area (Å²) in [4.78, 5) is 42.5. The second-order valence-electron chi connectivity index (χ2n) is 9.29. The van der Waals surface area contributed by atoms with Gasteiger partial charge < -0.3 is 20.3 Å². The molecule has 0 bridgehead atoms. The molecule has 3 rings (SSSR count). The van der Waals surface area contributed by atoms with Crippen molar-refractivity contribution in [1.82, 2.24) is 20.4 Å². The minimum absolute atomic E-state index is 0.0387. The van der Waals surface area contributed by atoms with E-state index < -0.39 is 35.8 Å². The van der Waals surface area contributed by atoms with Gasteiger partial charge in [0.1, 0.15) is 6.04 Å². The van der Waals surface area contributed by atoms with Crippen molar-refractivity contribution < 1.29 is 32.3 Å².